The first kappa shape index (κ1) is 19.2. The number of aromatic nitrogens is 1. The van der Waals surface area contributed by atoms with Crippen LogP contribution in [0.5, 0.6) is 11.5 Å². The number of carbonyl (C=O) groups excluding carboxylic acids is 2. The van der Waals surface area contributed by atoms with E-state index in [2.05, 4.69) is 15.6 Å². The first-order valence-electron chi connectivity index (χ1n) is 8.75. The third kappa shape index (κ3) is 4.20. The summed E-state index contributed by atoms with van der Waals surface area (Å²) in [6, 6.07) is 12.1. The van der Waals surface area contributed by atoms with Crippen molar-refractivity contribution in [2.24, 2.45) is 0 Å². The minimum atomic E-state index is -0.237. The number of amides is 2. The molecule has 0 aliphatic rings. The van der Waals surface area contributed by atoms with Crippen molar-refractivity contribution in [2.75, 3.05) is 27.3 Å². The highest BCUT2D eigenvalue weighted by atomic mass is 16.5. The summed E-state index contributed by atoms with van der Waals surface area (Å²) in [7, 11) is 3.15. The lowest BCUT2D eigenvalue weighted by Crippen LogP contribution is -2.34. The number of fused-ring (bicyclic) bond motifs is 1. The van der Waals surface area contributed by atoms with Gasteiger partial charge in [0.05, 0.1) is 14.2 Å². The summed E-state index contributed by atoms with van der Waals surface area (Å²) in [5.74, 6) is 0.918. The number of nitrogens with zero attached hydrogens (tertiary/aromatic N) is 1. The second kappa shape index (κ2) is 8.85. The van der Waals surface area contributed by atoms with E-state index in [1.54, 1.807) is 69.1 Å². The van der Waals surface area contributed by atoms with Crippen LogP contribution in [0.4, 0.5) is 0 Å². The van der Waals surface area contributed by atoms with Gasteiger partial charge in [-0.05, 0) is 42.5 Å². The highest BCUT2D eigenvalue weighted by Gasteiger charge is 2.13. The number of carbonyl (C=O) groups is 2. The predicted octanol–water partition coefficient (Wildman–Crippen LogP) is 2.41. The van der Waals surface area contributed by atoms with Gasteiger partial charge in [-0.2, -0.15) is 0 Å². The lowest BCUT2D eigenvalue weighted by molar-refractivity contribution is 0.0928. The molecule has 144 valence electrons. The number of hydrogen-bond donors (Lipinski definition) is 2. The topological polar surface area (TPSA) is 89.6 Å². The molecule has 2 aromatic carbocycles. The van der Waals surface area contributed by atoms with E-state index in [9.17, 15) is 9.59 Å². The number of hydrogen-bond acceptors (Lipinski definition) is 5. The summed E-state index contributed by atoms with van der Waals surface area (Å²) in [4.78, 5) is 28.8. The van der Waals surface area contributed by atoms with E-state index >= 15 is 0 Å². The largest absolute Gasteiger partial charge is 0.497 e. The van der Waals surface area contributed by atoms with Gasteiger partial charge >= 0.3 is 0 Å². The van der Waals surface area contributed by atoms with Gasteiger partial charge in [-0.1, -0.05) is 0 Å². The van der Waals surface area contributed by atoms with Crippen LogP contribution in [0.2, 0.25) is 0 Å². The third-order valence-corrected chi connectivity index (χ3v) is 4.29. The van der Waals surface area contributed by atoms with E-state index in [0.29, 0.717) is 41.1 Å². The fourth-order valence-corrected chi connectivity index (χ4v) is 2.83. The van der Waals surface area contributed by atoms with Crippen molar-refractivity contribution >= 4 is 22.6 Å². The van der Waals surface area contributed by atoms with Crippen molar-refractivity contribution in [3.05, 3.63) is 66.0 Å². The molecule has 0 spiro atoms. The summed E-state index contributed by atoms with van der Waals surface area (Å²) < 4.78 is 10.4. The minimum Gasteiger partial charge on any atom is -0.497 e. The molecule has 0 atom stereocenters. The molecule has 1 heterocycles. The standard InChI is InChI=1S/C21H21N3O4/c1-27-15-5-3-14(4-6-15)20(25)23-11-12-24-21(26)17-7-8-19(28-2)16-9-10-22-13-18(16)17/h3-10,13H,11-12H2,1-2H3,(H,23,25)(H,24,26). The van der Waals surface area contributed by atoms with Gasteiger partial charge in [0, 0.05) is 47.4 Å². The molecule has 2 amide bonds. The van der Waals surface area contributed by atoms with Gasteiger partial charge in [0.2, 0.25) is 0 Å². The zero-order valence-electron chi connectivity index (χ0n) is 15.7. The van der Waals surface area contributed by atoms with E-state index < -0.39 is 0 Å². The van der Waals surface area contributed by atoms with Crippen LogP contribution < -0.4 is 20.1 Å². The van der Waals surface area contributed by atoms with Gasteiger partial charge in [0.25, 0.3) is 11.8 Å². The second-order valence-corrected chi connectivity index (χ2v) is 5.98. The fraction of sp³-hybridized carbons (Fsp3) is 0.190. The molecule has 7 nitrogen and oxygen atoms in total. The van der Waals surface area contributed by atoms with Crippen LogP contribution in [-0.2, 0) is 0 Å². The van der Waals surface area contributed by atoms with E-state index in [1.807, 2.05) is 0 Å². The van der Waals surface area contributed by atoms with E-state index in [1.165, 1.54) is 0 Å². The lowest BCUT2D eigenvalue weighted by atomic mass is 10.1. The maximum atomic E-state index is 12.5. The van der Waals surface area contributed by atoms with E-state index in [-0.39, 0.29) is 11.8 Å². The minimum absolute atomic E-state index is 0.212. The highest BCUT2D eigenvalue weighted by Crippen LogP contribution is 2.27. The molecule has 0 radical (unpaired) electrons. The Morgan fingerprint density at radius 2 is 1.57 bits per heavy atom. The highest BCUT2D eigenvalue weighted by molar-refractivity contribution is 6.08. The van der Waals surface area contributed by atoms with Crippen LogP contribution in [0.25, 0.3) is 10.8 Å². The van der Waals surface area contributed by atoms with E-state index in [0.717, 1.165) is 5.39 Å². The van der Waals surface area contributed by atoms with Gasteiger partial charge in [0.1, 0.15) is 11.5 Å². The van der Waals surface area contributed by atoms with Crippen LogP contribution in [0.3, 0.4) is 0 Å². The van der Waals surface area contributed by atoms with E-state index in [4.69, 9.17) is 9.47 Å². The van der Waals surface area contributed by atoms with Crippen molar-refractivity contribution in [3.8, 4) is 11.5 Å². The fourth-order valence-electron chi connectivity index (χ4n) is 2.83. The molecular formula is C21H21N3O4. The van der Waals surface area contributed by atoms with Crippen LogP contribution in [-0.4, -0.2) is 44.1 Å². The van der Waals surface area contributed by atoms with Crippen LogP contribution >= 0.6 is 0 Å². The normalized spacial score (nSPS) is 10.4. The van der Waals surface area contributed by atoms with Gasteiger partial charge in [-0.15, -0.1) is 0 Å². The summed E-state index contributed by atoms with van der Waals surface area (Å²) >= 11 is 0. The van der Waals surface area contributed by atoms with Gasteiger partial charge < -0.3 is 20.1 Å². The number of ether oxygens (including phenoxy) is 2. The number of methoxy groups -OCH3 is 2. The van der Waals surface area contributed by atoms with Gasteiger partial charge in [-0.25, -0.2) is 0 Å². The summed E-state index contributed by atoms with van der Waals surface area (Å²) in [6.45, 7) is 0.609. The number of nitrogens with one attached hydrogen (secondary N) is 2. The Morgan fingerprint density at radius 3 is 2.25 bits per heavy atom. The number of rotatable bonds is 7. The van der Waals surface area contributed by atoms with Crippen molar-refractivity contribution in [3.63, 3.8) is 0 Å². The number of benzene rings is 2. The van der Waals surface area contributed by atoms with Crippen molar-refractivity contribution in [2.45, 2.75) is 0 Å². The third-order valence-electron chi connectivity index (χ3n) is 4.29. The summed E-state index contributed by atoms with van der Waals surface area (Å²) in [5.41, 5.74) is 1.03. The Balaban J connectivity index is 1.57. The molecule has 3 rings (SSSR count). The molecule has 2 N–H and O–H groups in total. The van der Waals surface area contributed by atoms with Crippen LogP contribution in [0.15, 0.2) is 54.9 Å². The van der Waals surface area contributed by atoms with Gasteiger partial charge in [0.15, 0.2) is 0 Å². The Hall–Kier alpha value is -3.61. The molecule has 0 bridgehead atoms. The SMILES string of the molecule is COc1ccc(C(=O)NCCNC(=O)c2ccc(OC)c3ccncc23)cc1. The second-order valence-electron chi connectivity index (χ2n) is 5.98. The molecule has 0 fully saturated rings. The van der Waals surface area contributed by atoms with Crippen molar-refractivity contribution in [1.82, 2.24) is 15.6 Å². The smallest absolute Gasteiger partial charge is 0.252 e. The van der Waals surface area contributed by atoms with Crippen molar-refractivity contribution < 1.29 is 19.1 Å². The molecule has 3 aromatic rings. The van der Waals surface area contributed by atoms with Crippen LogP contribution in [0, 0.1) is 0 Å². The zero-order valence-corrected chi connectivity index (χ0v) is 15.7. The average molecular weight is 379 g/mol. The Bertz CT molecular complexity index is 987. The molecule has 28 heavy (non-hydrogen) atoms. The Morgan fingerprint density at radius 1 is 0.857 bits per heavy atom. The molecule has 1 aromatic heterocycles. The lowest BCUT2D eigenvalue weighted by Gasteiger charge is -2.11. The molecule has 0 aliphatic carbocycles. The number of pyridine rings is 1. The van der Waals surface area contributed by atoms with Crippen molar-refractivity contribution in [1.29, 1.82) is 0 Å². The first-order chi connectivity index (χ1) is 13.6. The molecule has 0 aliphatic heterocycles. The maximum Gasteiger partial charge on any atom is 0.252 e. The predicted molar refractivity (Wildman–Crippen MR) is 106 cm³/mol. The Kier molecular flexibility index (Phi) is 6.06. The maximum absolute atomic E-state index is 12.5. The molecule has 7 heteroatoms. The zero-order chi connectivity index (χ0) is 19.9. The molecular weight excluding hydrogens is 358 g/mol. The average Bonchev–Trinajstić information content (AvgIpc) is 2.75. The summed E-state index contributed by atoms with van der Waals surface area (Å²) in [6.07, 6.45) is 3.29. The monoisotopic (exact) mass is 379 g/mol. The van der Waals surface area contributed by atoms with Crippen LogP contribution in [0.1, 0.15) is 20.7 Å². The molecule has 0 saturated heterocycles. The van der Waals surface area contributed by atoms with Gasteiger partial charge in [-0.3, -0.25) is 14.6 Å². The first-order valence-corrected chi connectivity index (χ1v) is 8.75. The molecule has 0 unspecified atom stereocenters. The molecule has 0 saturated carbocycles. The summed E-state index contributed by atoms with van der Waals surface area (Å²) in [5, 5.41) is 7.11. The Labute approximate surface area is 162 Å². The quantitative estimate of drug-likeness (QED) is 0.616.